The van der Waals surface area contributed by atoms with Gasteiger partial charge in [-0.25, -0.2) is 4.98 Å². The van der Waals surface area contributed by atoms with Gasteiger partial charge in [-0.05, 0) is 25.1 Å². The van der Waals surface area contributed by atoms with Gasteiger partial charge in [-0.3, -0.25) is 9.48 Å². The molecule has 1 N–H and O–H groups in total. The van der Waals surface area contributed by atoms with Crippen molar-refractivity contribution in [3.8, 4) is 6.07 Å². The van der Waals surface area contributed by atoms with E-state index in [2.05, 4.69) is 21.1 Å². The van der Waals surface area contributed by atoms with Crippen LogP contribution in [0, 0.1) is 18.3 Å². The van der Waals surface area contributed by atoms with Crippen LogP contribution >= 0.6 is 0 Å². The maximum Gasteiger partial charge on any atom is 0.259 e. The molecular formula is C16H13N5O. The number of benzene rings is 1. The van der Waals surface area contributed by atoms with E-state index in [4.69, 9.17) is 0 Å². The maximum atomic E-state index is 12.1. The molecule has 0 aliphatic rings. The Morgan fingerprint density at radius 2 is 2.18 bits per heavy atom. The molecule has 0 radical (unpaired) electrons. The summed E-state index contributed by atoms with van der Waals surface area (Å²) in [7, 11) is 1.81. The maximum absolute atomic E-state index is 12.1. The number of hydrogen-bond donors (Lipinski definition) is 1. The lowest BCUT2D eigenvalue weighted by atomic mass is 10.1. The van der Waals surface area contributed by atoms with Gasteiger partial charge in [0.15, 0.2) is 5.82 Å². The number of allylic oxidation sites excluding steroid dienone is 1. The van der Waals surface area contributed by atoms with Crippen molar-refractivity contribution < 1.29 is 0 Å². The van der Waals surface area contributed by atoms with E-state index in [1.54, 1.807) is 35.0 Å². The molecular weight excluding hydrogens is 278 g/mol. The molecule has 0 unspecified atom stereocenters. The van der Waals surface area contributed by atoms with E-state index >= 15 is 0 Å². The first-order valence-electron chi connectivity index (χ1n) is 6.70. The topological polar surface area (TPSA) is 87.4 Å². The van der Waals surface area contributed by atoms with Crippen molar-refractivity contribution in [3.63, 3.8) is 0 Å². The molecule has 108 valence electrons. The Morgan fingerprint density at radius 1 is 1.41 bits per heavy atom. The van der Waals surface area contributed by atoms with Crippen LogP contribution in [-0.4, -0.2) is 19.7 Å². The molecule has 3 aromatic rings. The largest absolute Gasteiger partial charge is 0.305 e. The van der Waals surface area contributed by atoms with Crippen molar-refractivity contribution in [1.29, 1.82) is 5.26 Å². The molecule has 0 aliphatic carbocycles. The first-order chi connectivity index (χ1) is 10.6. The summed E-state index contributed by atoms with van der Waals surface area (Å²) in [6.45, 7) is 1.86. The number of hydrogen-bond acceptors (Lipinski definition) is 4. The van der Waals surface area contributed by atoms with Crippen molar-refractivity contribution >= 4 is 22.6 Å². The van der Waals surface area contributed by atoms with E-state index < -0.39 is 0 Å². The quantitative estimate of drug-likeness (QED) is 0.732. The molecule has 0 spiro atoms. The summed E-state index contributed by atoms with van der Waals surface area (Å²) in [5.74, 6) is 0.259. The second kappa shape index (κ2) is 5.30. The third-order valence-electron chi connectivity index (χ3n) is 3.34. The summed E-state index contributed by atoms with van der Waals surface area (Å²) in [6, 6.07) is 9.12. The number of aryl methyl sites for hydroxylation is 2. The Morgan fingerprint density at radius 3 is 2.86 bits per heavy atom. The van der Waals surface area contributed by atoms with Gasteiger partial charge in [0.25, 0.3) is 5.56 Å². The SMILES string of the molecule is Cc1nn(C)cc1/C=C(\C#N)c1nc2ccccc2c(=O)[nH]1. The van der Waals surface area contributed by atoms with Crippen molar-refractivity contribution in [2.75, 3.05) is 0 Å². The second-order valence-corrected chi connectivity index (χ2v) is 4.95. The zero-order valence-electron chi connectivity index (χ0n) is 12.2. The molecule has 1 aromatic carbocycles. The fourth-order valence-electron chi connectivity index (χ4n) is 2.28. The molecule has 0 bridgehead atoms. The van der Waals surface area contributed by atoms with E-state index in [0.29, 0.717) is 16.5 Å². The molecule has 6 nitrogen and oxygen atoms in total. The Bertz CT molecular complexity index is 988. The molecule has 6 heteroatoms. The summed E-state index contributed by atoms with van der Waals surface area (Å²) in [6.07, 6.45) is 3.49. The number of aromatic amines is 1. The molecule has 0 fully saturated rings. The van der Waals surface area contributed by atoms with Gasteiger partial charge in [0.1, 0.15) is 6.07 Å². The van der Waals surface area contributed by atoms with Crippen LogP contribution in [0.2, 0.25) is 0 Å². The Balaban J connectivity index is 2.18. The van der Waals surface area contributed by atoms with Gasteiger partial charge in [0.2, 0.25) is 0 Å². The first kappa shape index (κ1) is 13.8. The molecule has 3 rings (SSSR count). The third kappa shape index (κ3) is 2.40. The Kier molecular flexibility index (Phi) is 3.31. The van der Waals surface area contributed by atoms with Crippen LogP contribution in [0.4, 0.5) is 0 Å². The van der Waals surface area contributed by atoms with E-state index in [9.17, 15) is 10.1 Å². The fraction of sp³-hybridized carbons (Fsp3) is 0.125. The highest BCUT2D eigenvalue weighted by Gasteiger charge is 2.09. The van der Waals surface area contributed by atoms with Gasteiger partial charge in [-0.2, -0.15) is 10.4 Å². The van der Waals surface area contributed by atoms with Gasteiger partial charge in [0.05, 0.1) is 22.2 Å². The van der Waals surface area contributed by atoms with Gasteiger partial charge < -0.3 is 4.98 Å². The lowest BCUT2D eigenvalue weighted by Crippen LogP contribution is -2.11. The lowest BCUT2D eigenvalue weighted by Gasteiger charge is -2.01. The zero-order valence-corrected chi connectivity index (χ0v) is 12.2. The number of para-hydroxylation sites is 1. The van der Waals surface area contributed by atoms with Crippen LogP contribution in [0.25, 0.3) is 22.6 Å². The summed E-state index contributed by atoms with van der Waals surface area (Å²) < 4.78 is 1.67. The smallest absolute Gasteiger partial charge is 0.259 e. The van der Waals surface area contributed by atoms with Crippen LogP contribution in [0.5, 0.6) is 0 Å². The van der Waals surface area contributed by atoms with E-state index in [0.717, 1.165) is 11.3 Å². The number of rotatable bonds is 2. The number of nitriles is 1. The number of aromatic nitrogens is 4. The number of H-pyrrole nitrogens is 1. The van der Waals surface area contributed by atoms with Crippen molar-refractivity contribution in [1.82, 2.24) is 19.7 Å². The summed E-state index contributed by atoms with van der Waals surface area (Å²) >= 11 is 0. The average molecular weight is 291 g/mol. The summed E-state index contributed by atoms with van der Waals surface area (Å²) in [5.41, 5.74) is 2.21. The number of fused-ring (bicyclic) bond motifs is 1. The lowest BCUT2D eigenvalue weighted by molar-refractivity contribution is 0.756. The van der Waals surface area contributed by atoms with Gasteiger partial charge in [0, 0.05) is 18.8 Å². The number of nitrogens with one attached hydrogen (secondary N) is 1. The minimum Gasteiger partial charge on any atom is -0.305 e. The molecule has 2 heterocycles. The Hall–Kier alpha value is -3.20. The standard InChI is InChI=1S/C16H13N5O/c1-10-12(9-21(2)20-10)7-11(8-17)15-18-14-6-4-3-5-13(14)16(22)19-15/h3-7,9H,1-2H3,(H,18,19,22)/b11-7+. The first-order valence-corrected chi connectivity index (χ1v) is 6.70. The van der Waals surface area contributed by atoms with Gasteiger partial charge >= 0.3 is 0 Å². The molecule has 0 aliphatic heterocycles. The third-order valence-corrected chi connectivity index (χ3v) is 3.34. The molecule has 0 amide bonds. The molecule has 0 saturated heterocycles. The zero-order chi connectivity index (χ0) is 15.7. The van der Waals surface area contributed by atoms with Crippen LogP contribution in [0.1, 0.15) is 17.1 Å². The van der Waals surface area contributed by atoms with Crippen molar-refractivity contribution in [3.05, 3.63) is 57.9 Å². The Labute approximate surface area is 126 Å². The average Bonchev–Trinajstić information content (AvgIpc) is 2.82. The van der Waals surface area contributed by atoms with Crippen LogP contribution in [-0.2, 0) is 7.05 Å². The van der Waals surface area contributed by atoms with Gasteiger partial charge in [-0.15, -0.1) is 0 Å². The summed E-state index contributed by atoms with van der Waals surface area (Å²) in [4.78, 5) is 19.1. The number of nitrogens with zero attached hydrogens (tertiary/aromatic N) is 4. The van der Waals surface area contributed by atoms with Crippen LogP contribution in [0.3, 0.4) is 0 Å². The summed E-state index contributed by atoms with van der Waals surface area (Å²) in [5, 5.41) is 14.1. The minimum absolute atomic E-state index is 0.259. The highest BCUT2D eigenvalue weighted by Crippen LogP contribution is 2.17. The highest BCUT2D eigenvalue weighted by molar-refractivity contribution is 5.89. The van der Waals surface area contributed by atoms with Crippen LogP contribution < -0.4 is 5.56 Å². The van der Waals surface area contributed by atoms with E-state index in [1.807, 2.05) is 20.2 Å². The van der Waals surface area contributed by atoms with E-state index in [1.165, 1.54) is 0 Å². The normalized spacial score (nSPS) is 11.6. The molecule has 22 heavy (non-hydrogen) atoms. The predicted molar refractivity (Wildman–Crippen MR) is 83.8 cm³/mol. The highest BCUT2D eigenvalue weighted by atomic mass is 16.1. The molecule has 0 atom stereocenters. The van der Waals surface area contributed by atoms with Crippen molar-refractivity contribution in [2.24, 2.45) is 7.05 Å². The minimum atomic E-state index is -0.260. The second-order valence-electron chi connectivity index (χ2n) is 4.95. The monoisotopic (exact) mass is 291 g/mol. The van der Waals surface area contributed by atoms with Crippen LogP contribution in [0.15, 0.2) is 35.3 Å². The molecule has 0 saturated carbocycles. The van der Waals surface area contributed by atoms with Crippen molar-refractivity contribution in [2.45, 2.75) is 6.92 Å². The van der Waals surface area contributed by atoms with Gasteiger partial charge in [-0.1, -0.05) is 12.1 Å². The fourth-order valence-corrected chi connectivity index (χ4v) is 2.28. The van der Waals surface area contributed by atoms with E-state index in [-0.39, 0.29) is 11.4 Å². The predicted octanol–water partition coefficient (Wildman–Crippen LogP) is 2.03. The molecule has 2 aromatic heterocycles.